The summed E-state index contributed by atoms with van der Waals surface area (Å²) in [6.07, 6.45) is 10.6. The van der Waals surface area contributed by atoms with Crippen LogP contribution in [0.15, 0.2) is 0 Å². The van der Waals surface area contributed by atoms with Gasteiger partial charge in [0.25, 0.3) is 0 Å². The molecule has 3 nitrogen and oxygen atoms in total. The molecule has 0 saturated heterocycles. The van der Waals surface area contributed by atoms with Crippen LogP contribution in [-0.4, -0.2) is 33.1 Å². The predicted molar refractivity (Wildman–Crippen MR) is 77.9 cm³/mol. The highest BCUT2D eigenvalue weighted by Crippen LogP contribution is 2.04. The second-order valence-corrected chi connectivity index (χ2v) is 5.53. The van der Waals surface area contributed by atoms with Crippen LogP contribution in [0.25, 0.3) is 0 Å². The molecule has 2 N–H and O–H groups in total. The van der Waals surface area contributed by atoms with Crippen LogP contribution >= 0.6 is 0 Å². The number of quaternary nitrogens is 1. The van der Waals surface area contributed by atoms with Gasteiger partial charge >= 0.3 is 0 Å². The Morgan fingerprint density at radius 1 is 0.944 bits per heavy atom. The van der Waals surface area contributed by atoms with Gasteiger partial charge in [-0.25, -0.2) is 0 Å². The molecule has 18 heavy (non-hydrogen) atoms. The molecule has 0 aliphatic carbocycles. The molecule has 0 heterocycles. The van der Waals surface area contributed by atoms with Crippen molar-refractivity contribution in [3.8, 4) is 0 Å². The first-order chi connectivity index (χ1) is 8.66. The summed E-state index contributed by atoms with van der Waals surface area (Å²) in [5, 5.41) is 3.02. The number of hydrogen-bond acceptors (Lipinski definition) is 1. The SMILES string of the molecule is CCCCCCCCNC(=O)CCCC[NH+](C)C. The van der Waals surface area contributed by atoms with Crippen LogP contribution in [0.4, 0.5) is 0 Å². The second-order valence-electron chi connectivity index (χ2n) is 5.53. The largest absolute Gasteiger partial charge is 0.356 e. The van der Waals surface area contributed by atoms with Crippen molar-refractivity contribution in [2.24, 2.45) is 0 Å². The van der Waals surface area contributed by atoms with E-state index in [9.17, 15) is 4.79 Å². The van der Waals surface area contributed by atoms with Crippen LogP contribution in [0.3, 0.4) is 0 Å². The van der Waals surface area contributed by atoms with E-state index in [4.69, 9.17) is 0 Å². The van der Waals surface area contributed by atoms with Gasteiger partial charge in [-0.2, -0.15) is 0 Å². The minimum Gasteiger partial charge on any atom is -0.356 e. The van der Waals surface area contributed by atoms with Gasteiger partial charge in [0.1, 0.15) is 0 Å². The van der Waals surface area contributed by atoms with Gasteiger partial charge in [-0.1, -0.05) is 39.0 Å². The lowest BCUT2D eigenvalue weighted by Gasteiger charge is -2.07. The fraction of sp³-hybridized carbons (Fsp3) is 0.933. The highest BCUT2D eigenvalue weighted by molar-refractivity contribution is 5.75. The number of carbonyl (C=O) groups excluding carboxylic acids is 1. The van der Waals surface area contributed by atoms with Crippen LogP contribution in [0, 0.1) is 0 Å². The molecule has 0 radical (unpaired) electrons. The molecule has 3 heteroatoms. The van der Waals surface area contributed by atoms with Crippen molar-refractivity contribution in [3.05, 3.63) is 0 Å². The molecule has 0 fully saturated rings. The molecule has 0 aromatic rings. The average Bonchev–Trinajstić information content (AvgIpc) is 2.33. The van der Waals surface area contributed by atoms with Crippen LogP contribution < -0.4 is 10.2 Å². The Morgan fingerprint density at radius 2 is 1.61 bits per heavy atom. The normalized spacial score (nSPS) is 10.9. The van der Waals surface area contributed by atoms with E-state index in [-0.39, 0.29) is 5.91 Å². The van der Waals surface area contributed by atoms with Gasteiger partial charge in [-0.3, -0.25) is 4.79 Å². The molecule has 0 aliphatic rings. The van der Waals surface area contributed by atoms with Crippen LogP contribution in [0.5, 0.6) is 0 Å². The smallest absolute Gasteiger partial charge is 0.219 e. The average molecular weight is 257 g/mol. The summed E-state index contributed by atoms with van der Waals surface area (Å²) in [7, 11) is 4.30. The van der Waals surface area contributed by atoms with E-state index < -0.39 is 0 Å². The fourth-order valence-corrected chi connectivity index (χ4v) is 1.99. The maximum atomic E-state index is 11.5. The Labute approximate surface area is 113 Å². The quantitative estimate of drug-likeness (QED) is 0.513. The first-order valence-electron chi connectivity index (χ1n) is 7.72. The number of rotatable bonds is 12. The molecule has 108 valence electrons. The summed E-state index contributed by atoms with van der Waals surface area (Å²) < 4.78 is 0. The molecule has 0 bridgehead atoms. The minimum absolute atomic E-state index is 0.234. The molecule has 0 saturated carbocycles. The van der Waals surface area contributed by atoms with Gasteiger partial charge in [0.2, 0.25) is 5.91 Å². The van der Waals surface area contributed by atoms with Crippen LogP contribution in [-0.2, 0) is 4.79 Å². The van der Waals surface area contributed by atoms with Gasteiger partial charge in [0, 0.05) is 13.0 Å². The Morgan fingerprint density at radius 3 is 2.28 bits per heavy atom. The van der Waals surface area contributed by atoms with E-state index in [1.807, 2.05) is 0 Å². The Bertz CT molecular complexity index is 193. The van der Waals surface area contributed by atoms with Crippen molar-refractivity contribution in [2.45, 2.75) is 64.7 Å². The molecule has 0 spiro atoms. The van der Waals surface area contributed by atoms with Gasteiger partial charge in [-0.05, 0) is 19.3 Å². The summed E-state index contributed by atoms with van der Waals surface area (Å²) in [6, 6.07) is 0. The molecular weight excluding hydrogens is 224 g/mol. The van der Waals surface area contributed by atoms with Crippen molar-refractivity contribution >= 4 is 5.91 Å². The van der Waals surface area contributed by atoms with Crippen molar-refractivity contribution < 1.29 is 9.69 Å². The van der Waals surface area contributed by atoms with Crippen molar-refractivity contribution in [1.29, 1.82) is 0 Å². The summed E-state index contributed by atoms with van der Waals surface area (Å²) in [5.41, 5.74) is 0. The van der Waals surface area contributed by atoms with Crippen molar-refractivity contribution in [3.63, 3.8) is 0 Å². The zero-order valence-electron chi connectivity index (χ0n) is 12.7. The predicted octanol–water partition coefficient (Wildman–Crippen LogP) is 1.78. The third kappa shape index (κ3) is 13.5. The maximum Gasteiger partial charge on any atom is 0.219 e. The monoisotopic (exact) mass is 257 g/mol. The van der Waals surface area contributed by atoms with Crippen LogP contribution in [0.1, 0.15) is 64.7 Å². The first-order valence-corrected chi connectivity index (χ1v) is 7.72. The topological polar surface area (TPSA) is 33.5 Å². The molecule has 0 aliphatic heterocycles. The standard InChI is InChI=1S/C15H32N2O/c1-4-5-6-7-8-10-13-16-15(18)12-9-11-14-17(2)3/h4-14H2,1-3H3,(H,16,18)/p+1. The molecule has 0 unspecified atom stereocenters. The van der Waals surface area contributed by atoms with Crippen molar-refractivity contribution in [2.75, 3.05) is 27.2 Å². The van der Waals surface area contributed by atoms with E-state index in [1.165, 1.54) is 37.0 Å². The molecule has 0 atom stereocenters. The first kappa shape index (κ1) is 17.4. The Hall–Kier alpha value is -0.570. The van der Waals surface area contributed by atoms with Gasteiger partial charge in [-0.15, -0.1) is 0 Å². The Balaban J connectivity index is 3.17. The number of unbranched alkanes of at least 4 members (excludes halogenated alkanes) is 6. The number of hydrogen-bond donors (Lipinski definition) is 2. The van der Waals surface area contributed by atoms with Gasteiger partial charge < -0.3 is 10.2 Å². The highest BCUT2D eigenvalue weighted by Gasteiger charge is 2.01. The van der Waals surface area contributed by atoms with E-state index in [0.717, 1.165) is 32.4 Å². The molecule has 0 aromatic carbocycles. The minimum atomic E-state index is 0.234. The second kappa shape index (κ2) is 12.9. The van der Waals surface area contributed by atoms with E-state index >= 15 is 0 Å². The van der Waals surface area contributed by atoms with E-state index in [2.05, 4.69) is 26.3 Å². The summed E-state index contributed by atoms with van der Waals surface area (Å²) in [5.74, 6) is 0.234. The lowest BCUT2D eigenvalue weighted by Crippen LogP contribution is -3.05. The van der Waals surface area contributed by atoms with Gasteiger partial charge in [0.05, 0.1) is 20.6 Å². The molecule has 0 aromatic heterocycles. The van der Waals surface area contributed by atoms with E-state index in [1.54, 1.807) is 0 Å². The zero-order valence-corrected chi connectivity index (χ0v) is 12.7. The number of amides is 1. The van der Waals surface area contributed by atoms with Crippen LogP contribution in [0.2, 0.25) is 0 Å². The Kier molecular flexibility index (Phi) is 12.5. The third-order valence-electron chi connectivity index (χ3n) is 3.18. The third-order valence-corrected chi connectivity index (χ3v) is 3.18. The molecule has 0 rings (SSSR count). The number of nitrogens with one attached hydrogen (secondary N) is 2. The maximum absolute atomic E-state index is 11.5. The number of carbonyl (C=O) groups is 1. The summed E-state index contributed by atoms with van der Waals surface area (Å²) >= 11 is 0. The molecule has 1 amide bonds. The lowest BCUT2D eigenvalue weighted by molar-refractivity contribution is -0.858. The van der Waals surface area contributed by atoms with E-state index in [0.29, 0.717) is 6.42 Å². The summed E-state index contributed by atoms with van der Waals surface area (Å²) in [6.45, 7) is 4.26. The lowest BCUT2D eigenvalue weighted by atomic mass is 10.1. The highest BCUT2D eigenvalue weighted by atomic mass is 16.1. The van der Waals surface area contributed by atoms with Gasteiger partial charge in [0.15, 0.2) is 0 Å². The molecular formula is C15H33N2O+. The fourth-order valence-electron chi connectivity index (χ4n) is 1.99. The summed E-state index contributed by atoms with van der Waals surface area (Å²) in [4.78, 5) is 13.0. The zero-order chi connectivity index (χ0) is 13.6. The van der Waals surface area contributed by atoms with Crippen molar-refractivity contribution in [1.82, 2.24) is 5.32 Å².